The highest BCUT2D eigenvalue weighted by Crippen LogP contribution is 2.26. The Balaban J connectivity index is 2.08. The van der Waals surface area contributed by atoms with E-state index in [1.807, 2.05) is 6.07 Å². The molecule has 1 aromatic carbocycles. The molecule has 4 N–H and O–H groups in total. The topological polar surface area (TPSA) is 101 Å². The molecule has 8 heteroatoms. The summed E-state index contributed by atoms with van der Waals surface area (Å²) in [6, 6.07) is 10.4. The van der Waals surface area contributed by atoms with Crippen LogP contribution in [0.25, 0.3) is 10.9 Å². The Hall–Kier alpha value is -2.45. The lowest BCUT2D eigenvalue weighted by Crippen LogP contribution is -2.16. The number of nitrogens with one attached hydrogen (secondary N) is 2. The van der Waals surface area contributed by atoms with Crippen molar-refractivity contribution in [1.82, 2.24) is 9.97 Å². The fourth-order valence-corrected chi connectivity index (χ4v) is 3.68. The van der Waals surface area contributed by atoms with E-state index >= 15 is 0 Å². The van der Waals surface area contributed by atoms with Crippen molar-refractivity contribution in [2.75, 3.05) is 4.72 Å². The van der Waals surface area contributed by atoms with Crippen molar-refractivity contribution in [3.05, 3.63) is 53.9 Å². The van der Waals surface area contributed by atoms with Crippen molar-refractivity contribution in [2.24, 2.45) is 5.73 Å². The first kappa shape index (κ1) is 15.4. The van der Waals surface area contributed by atoms with Crippen LogP contribution in [0.15, 0.2) is 47.6 Å². The number of fused-ring (bicyclic) bond motifs is 1. The Morgan fingerprint density at radius 1 is 1.30 bits per heavy atom. The molecular weight excluding hydrogens is 332 g/mol. The normalized spacial score (nSPS) is 11.5. The lowest BCUT2D eigenvalue weighted by Gasteiger charge is -2.10. The molecule has 0 fully saturated rings. The maximum Gasteiger partial charge on any atom is 0.279 e. The van der Waals surface area contributed by atoms with Gasteiger partial charge in [0, 0.05) is 11.6 Å². The number of aromatic nitrogens is 2. The van der Waals surface area contributed by atoms with Crippen molar-refractivity contribution in [3.63, 3.8) is 0 Å². The van der Waals surface area contributed by atoms with Gasteiger partial charge >= 0.3 is 0 Å². The minimum atomic E-state index is -3.79. The highest BCUT2D eigenvalue weighted by atomic mass is 32.2. The maximum atomic E-state index is 12.6. The first-order valence-electron chi connectivity index (χ1n) is 6.74. The van der Waals surface area contributed by atoms with Gasteiger partial charge in [0.1, 0.15) is 4.99 Å². The first-order chi connectivity index (χ1) is 10.9. The van der Waals surface area contributed by atoms with Gasteiger partial charge < -0.3 is 10.7 Å². The van der Waals surface area contributed by atoms with Crippen molar-refractivity contribution in [3.8, 4) is 0 Å². The van der Waals surface area contributed by atoms with Crippen LogP contribution in [0.1, 0.15) is 11.3 Å². The van der Waals surface area contributed by atoms with Gasteiger partial charge in [-0.25, -0.2) is 4.98 Å². The van der Waals surface area contributed by atoms with Gasteiger partial charge in [0.25, 0.3) is 10.0 Å². The number of hydrogen-bond acceptors (Lipinski definition) is 4. The molecule has 2 aromatic heterocycles. The number of anilines is 1. The van der Waals surface area contributed by atoms with Crippen molar-refractivity contribution in [2.45, 2.75) is 11.9 Å². The molecule has 0 amide bonds. The summed E-state index contributed by atoms with van der Waals surface area (Å²) in [5.41, 5.74) is 7.80. The van der Waals surface area contributed by atoms with Crippen LogP contribution in [0, 0.1) is 6.92 Å². The maximum absolute atomic E-state index is 12.6. The number of thiocarbonyl (C=S) groups is 1. The average Bonchev–Trinajstić information content (AvgIpc) is 2.92. The minimum absolute atomic E-state index is 0.00173. The molecule has 0 unspecified atom stereocenters. The van der Waals surface area contributed by atoms with E-state index in [4.69, 9.17) is 18.0 Å². The number of aromatic amines is 1. The summed E-state index contributed by atoms with van der Waals surface area (Å²) in [4.78, 5) is 7.22. The van der Waals surface area contributed by atoms with E-state index in [-0.39, 0.29) is 10.0 Å². The Morgan fingerprint density at radius 3 is 2.78 bits per heavy atom. The molecule has 0 aliphatic heterocycles. The molecule has 0 saturated carbocycles. The van der Waals surface area contributed by atoms with Gasteiger partial charge in [-0.05, 0) is 30.7 Å². The number of benzene rings is 1. The highest BCUT2D eigenvalue weighted by Gasteiger charge is 2.19. The molecule has 23 heavy (non-hydrogen) atoms. The van der Waals surface area contributed by atoms with Gasteiger partial charge in [0.05, 0.1) is 16.9 Å². The third-order valence-electron chi connectivity index (χ3n) is 3.38. The summed E-state index contributed by atoms with van der Waals surface area (Å²) in [5, 5.41) is 0.809. The molecule has 0 bridgehead atoms. The molecule has 0 aliphatic carbocycles. The van der Waals surface area contributed by atoms with Crippen LogP contribution in [-0.4, -0.2) is 23.4 Å². The van der Waals surface area contributed by atoms with Gasteiger partial charge in [-0.3, -0.25) is 4.72 Å². The third-order valence-corrected chi connectivity index (χ3v) is 5.03. The van der Waals surface area contributed by atoms with Crippen LogP contribution in [0.3, 0.4) is 0 Å². The number of rotatable bonds is 4. The number of para-hydroxylation sites is 1. The quantitative estimate of drug-likeness (QED) is 0.629. The highest BCUT2D eigenvalue weighted by molar-refractivity contribution is 7.92. The van der Waals surface area contributed by atoms with Crippen molar-refractivity contribution < 1.29 is 8.42 Å². The van der Waals surface area contributed by atoms with E-state index in [9.17, 15) is 8.42 Å². The fraction of sp³-hybridized carbons (Fsp3) is 0.0667. The number of nitrogens with two attached hydrogens (primary N) is 1. The van der Waals surface area contributed by atoms with Gasteiger partial charge in [-0.2, -0.15) is 8.42 Å². The predicted octanol–water partition coefficient (Wildman–Crippen LogP) is 2.31. The Morgan fingerprint density at radius 2 is 2.09 bits per heavy atom. The van der Waals surface area contributed by atoms with Crippen molar-refractivity contribution in [1.29, 1.82) is 0 Å². The smallest absolute Gasteiger partial charge is 0.279 e. The SMILES string of the molecule is Cc1cccnc1S(=O)(=O)Nc1cccc2cc(C(N)=S)[nH]c12. The summed E-state index contributed by atoms with van der Waals surface area (Å²) in [7, 11) is -3.79. The lowest BCUT2D eigenvalue weighted by atomic mass is 10.2. The molecule has 3 aromatic rings. The summed E-state index contributed by atoms with van der Waals surface area (Å²) in [5.74, 6) is 0. The lowest BCUT2D eigenvalue weighted by molar-refractivity contribution is 0.597. The van der Waals surface area contributed by atoms with Gasteiger partial charge in [-0.1, -0.05) is 30.4 Å². The van der Waals surface area contributed by atoms with Crippen LogP contribution in [0.4, 0.5) is 5.69 Å². The van der Waals surface area contributed by atoms with Gasteiger partial charge in [0.2, 0.25) is 0 Å². The Kier molecular flexibility index (Phi) is 3.78. The molecule has 0 radical (unpaired) electrons. The number of aryl methyl sites for hydroxylation is 1. The van der Waals surface area contributed by atoms with Gasteiger partial charge in [0.15, 0.2) is 5.03 Å². The van der Waals surface area contributed by atoms with E-state index in [1.165, 1.54) is 6.20 Å². The summed E-state index contributed by atoms with van der Waals surface area (Å²) in [6.07, 6.45) is 1.45. The molecular formula is C15H14N4O2S2. The van der Waals surface area contributed by atoms with Crippen LogP contribution in [0.2, 0.25) is 0 Å². The molecule has 6 nitrogen and oxygen atoms in total. The van der Waals surface area contributed by atoms with Crippen LogP contribution < -0.4 is 10.5 Å². The molecule has 0 atom stereocenters. The van der Waals surface area contributed by atoms with Crippen molar-refractivity contribution >= 4 is 43.8 Å². The molecule has 0 spiro atoms. The van der Waals surface area contributed by atoms with Crippen LogP contribution in [0.5, 0.6) is 0 Å². The number of hydrogen-bond donors (Lipinski definition) is 3. The summed E-state index contributed by atoms with van der Waals surface area (Å²) < 4.78 is 27.7. The molecule has 0 saturated heterocycles. The van der Waals surface area contributed by atoms with E-state index in [0.717, 1.165) is 5.39 Å². The standard InChI is InChI=1S/C15H14N4O2S2/c1-9-4-3-7-17-15(9)23(20,21)19-11-6-2-5-10-8-12(14(16)22)18-13(10)11/h2-8,18-19H,1H3,(H2,16,22). The number of sulfonamides is 1. The fourth-order valence-electron chi connectivity index (χ4n) is 2.32. The van der Waals surface area contributed by atoms with E-state index < -0.39 is 10.0 Å². The largest absolute Gasteiger partial charge is 0.388 e. The molecule has 0 aliphatic rings. The summed E-state index contributed by atoms with van der Waals surface area (Å²) >= 11 is 4.95. The molecule has 118 valence electrons. The zero-order chi connectivity index (χ0) is 16.6. The second-order valence-corrected chi connectivity index (χ2v) is 7.09. The second kappa shape index (κ2) is 5.64. The monoisotopic (exact) mass is 346 g/mol. The van der Waals surface area contributed by atoms with E-state index in [0.29, 0.717) is 22.5 Å². The first-order valence-corrected chi connectivity index (χ1v) is 8.63. The summed E-state index contributed by atoms with van der Waals surface area (Å²) in [6.45, 7) is 1.70. The average molecular weight is 346 g/mol. The molecule has 2 heterocycles. The molecule has 3 rings (SSSR count). The second-order valence-electron chi connectivity index (χ2n) is 5.05. The predicted molar refractivity (Wildman–Crippen MR) is 94.0 cm³/mol. The van der Waals surface area contributed by atoms with Crippen LogP contribution >= 0.6 is 12.2 Å². The zero-order valence-corrected chi connectivity index (χ0v) is 13.8. The minimum Gasteiger partial charge on any atom is -0.388 e. The number of nitrogens with zero attached hydrogens (tertiary/aromatic N) is 1. The van der Waals surface area contributed by atoms with E-state index in [2.05, 4.69) is 14.7 Å². The number of H-pyrrole nitrogens is 1. The Bertz CT molecular complexity index is 1010. The van der Waals surface area contributed by atoms with E-state index in [1.54, 1.807) is 37.3 Å². The number of pyridine rings is 1. The van der Waals surface area contributed by atoms with Crippen LogP contribution in [-0.2, 0) is 10.0 Å². The third kappa shape index (κ3) is 2.90. The van der Waals surface area contributed by atoms with Gasteiger partial charge in [-0.15, -0.1) is 0 Å². The Labute approximate surface area is 138 Å². The zero-order valence-electron chi connectivity index (χ0n) is 12.2.